The van der Waals surface area contributed by atoms with E-state index in [1.807, 2.05) is 0 Å². The highest BCUT2D eigenvalue weighted by molar-refractivity contribution is 6.22. The first kappa shape index (κ1) is 19.6. The zero-order chi connectivity index (χ0) is 20.4. The number of fused-ring (bicyclic) bond motifs is 1. The molecule has 0 unspecified atom stereocenters. The van der Waals surface area contributed by atoms with Crippen LogP contribution in [0, 0.1) is 0 Å². The van der Waals surface area contributed by atoms with E-state index in [0.717, 1.165) is 0 Å². The average molecular weight is 385 g/mol. The van der Waals surface area contributed by atoms with E-state index in [1.54, 1.807) is 29.7 Å². The number of benzene rings is 1. The van der Waals surface area contributed by atoms with Gasteiger partial charge in [-0.1, -0.05) is 12.7 Å². The van der Waals surface area contributed by atoms with Gasteiger partial charge in [-0.15, -0.1) is 0 Å². The highest BCUT2D eigenvalue weighted by atomic mass is 16.6. The van der Waals surface area contributed by atoms with Crippen LogP contribution in [0.2, 0.25) is 0 Å². The molecule has 0 aliphatic carbocycles. The van der Waals surface area contributed by atoms with Gasteiger partial charge in [-0.2, -0.15) is 0 Å². The summed E-state index contributed by atoms with van der Waals surface area (Å²) >= 11 is 0. The van der Waals surface area contributed by atoms with Crippen LogP contribution in [0.25, 0.3) is 0 Å². The minimum absolute atomic E-state index is 0.146. The predicted octanol–water partition coefficient (Wildman–Crippen LogP) is 1.77. The third-order valence-electron chi connectivity index (χ3n) is 4.83. The zero-order valence-corrected chi connectivity index (χ0v) is 16.0. The Labute approximate surface area is 163 Å². The Morgan fingerprint density at radius 1 is 1.07 bits per heavy atom. The van der Waals surface area contributed by atoms with Gasteiger partial charge in [-0.3, -0.25) is 19.3 Å². The fraction of sp³-hybridized carbons (Fsp3) is 0.400. The molecular weight excluding hydrogens is 362 g/mol. The third kappa shape index (κ3) is 3.49. The molecule has 0 atom stereocenters. The van der Waals surface area contributed by atoms with Crippen molar-refractivity contribution in [3.05, 3.63) is 47.5 Å². The number of nitrogens with zero attached hydrogens (tertiary/aromatic N) is 3. The molecule has 1 saturated heterocycles. The molecule has 2 aliphatic heterocycles. The van der Waals surface area contributed by atoms with Crippen LogP contribution in [-0.2, 0) is 4.74 Å². The van der Waals surface area contributed by atoms with Gasteiger partial charge in [-0.25, -0.2) is 4.79 Å². The number of piperazine rings is 1. The molecule has 2 aliphatic rings. The van der Waals surface area contributed by atoms with Crippen molar-refractivity contribution in [1.82, 2.24) is 14.7 Å². The molecule has 2 heterocycles. The van der Waals surface area contributed by atoms with Crippen LogP contribution < -0.4 is 0 Å². The van der Waals surface area contributed by atoms with Gasteiger partial charge in [0.25, 0.3) is 17.7 Å². The summed E-state index contributed by atoms with van der Waals surface area (Å²) in [6.07, 6.45) is 1.07. The van der Waals surface area contributed by atoms with Crippen molar-refractivity contribution in [2.45, 2.75) is 19.9 Å². The van der Waals surface area contributed by atoms with Gasteiger partial charge in [0, 0.05) is 37.8 Å². The number of rotatable bonds is 4. The summed E-state index contributed by atoms with van der Waals surface area (Å²) in [5, 5.41) is 0. The molecule has 0 spiro atoms. The SMILES string of the molecule is C=CCOC(=O)N1CCN(C(=O)c2ccc3c(c2)C(=O)N(C(C)C)C3=O)CC1. The summed E-state index contributed by atoms with van der Waals surface area (Å²) in [5.41, 5.74) is 0.939. The minimum atomic E-state index is -0.428. The van der Waals surface area contributed by atoms with Crippen molar-refractivity contribution in [2.24, 2.45) is 0 Å². The summed E-state index contributed by atoms with van der Waals surface area (Å²) in [6.45, 7) is 8.65. The summed E-state index contributed by atoms with van der Waals surface area (Å²) in [5.74, 6) is -0.940. The average Bonchev–Trinajstić information content (AvgIpc) is 2.95. The summed E-state index contributed by atoms with van der Waals surface area (Å²) in [6, 6.07) is 4.35. The number of hydrogen-bond acceptors (Lipinski definition) is 5. The van der Waals surface area contributed by atoms with Crippen molar-refractivity contribution < 1.29 is 23.9 Å². The fourth-order valence-corrected chi connectivity index (χ4v) is 3.36. The Kier molecular flexibility index (Phi) is 5.48. The van der Waals surface area contributed by atoms with Gasteiger partial charge in [0.2, 0.25) is 0 Å². The Morgan fingerprint density at radius 2 is 1.68 bits per heavy atom. The molecule has 4 amide bonds. The molecule has 148 valence electrons. The van der Waals surface area contributed by atoms with E-state index in [4.69, 9.17) is 4.74 Å². The summed E-state index contributed by atoms with van der Waals surface area (Å²) < 4.78 is 5.00. The first-order valence-electron chi connectivity index (χ1n) is 9.19. The van der Waals surface area contributed by atoms with Gasteiger partial charge >= 0.3 is 6.09 Å². The van der Waals surface area contributed by atoms with Crippen molar-refractivity contribution in [3.63, 3.8) is 0 Å². The Morgan fingerprint density at radius 3 is 2.29 bits per heavy atom. The minimum Gasteiger partial charge on any atom is -0.445 e. The lowest BCUT2D eigenvalue weighted by Gasteiger charge is -2.34. The molecule has 0 N–H and O–H groups in total. The van der Waals surface area contributed by atoms with Gasteiger partial charge < -0.3 is 14.5 Å². The first-order valence-corrected chi connectivity index (χ1v) is 9.19. The Bertz CT molecular complexity index is 840. The van der Waals surface area contributed by atoms with Crippen LogP contribution in [-0.4, -0.2) is 77.3 Å². The maximum absolute atomic E-state index is 12.8. The second-order valence-corrected chi connectivity index (χ2v) is 6.98. The number of hydrogen-bond donors (Lipinski definition) is 0. The predicted molar refractivity (Wildman–Crippen MR) is 101 cm³/mol. The van der Waals surface area contributed by atoms with Crippen LogP contribution in [0.1, 0.15) is 44.9 Å². The highest BCUT2D eigenvalue weighted by Gasteiger charge is 2.38. The summed E-state index contributed by atoms with van der Waals surface area (Å²) in [4.78, 5) is 53.9. The molecule has 0 bridgehead atoms. The molecule has 0 saturated carbocycles. The van der Waals surface area contributed by atoms with Crippen molar-refractivity contribution in [2.75, 3.05) is 32.8 Å². The molecule has 28 heavy (non-hydrogen) atoms. The lowest BCUT2D eigenvalue weighted by Crippen LogP contribution is -2.50. The Hall–Kier alpha value is -3.16. The molecule has 1 aromatic rings. The van der Waals surface area contributed by atoms with E-state index >= 15 is 0 Å². The zero-order valence-electron chi connectivity index (χ0n) is 16.0. The first-order chi connectivity index (χ1) is 13.3. The third-order valence-corrected chi connectivity index (χ3v) is 4.83. The van der Waals surface area contributed by atoms with Crippen LogP contribution in [0.3, 0.4) is 0 Å². The van der Waals surface area contributed by atoms with Crippen molar-refractivity contribution in [1.29, 1.82) is 0 Å². The lowest BCUT2D eigenvalue weighted by molar-refractivity contribution is 0.0580. The molecular formula is C20H23N3O5. The van der Waals surface area contributed by atoms with E-state index in [-0.39, 0.29) is 35.9 Å². The van der Waals surface area contributed by atoms with Gasteiger partial charge in [0.05, 0.1) is 11.1 Å². The standard InChI is InChI=1S/C20H23N3O5/c1-4-11-28-20(27)22-9-7-21(8-10-22)17(24)14-5-6-15-16(12-14)19(26)23(13(2)3)18(15)25/h4-6,12-13H,1,7-11H2,2-3H3. The van der Waals surface area contributed by atoms with Crippen LogP contribution in [0.15, 0.2) is 30.9 Å². The van der Waals surface area contributed by atoms with Crippen LogP contribution in [0.4, 0.5) is 4.79 Å². The molecule has 3 rings (SSSR count). The topological polar surface area (TPSA) is 87.2 Å². The van der Waals surface area contributed by atoms with Gasteiger partial charge in [-0.05, 0) is 32.0 Å². The van der Waals surface area contributed by atoms with E-state index in [0.29, 0.717) is 37.3 Å². The Balaban J connectivity index is 1.69. The molecule has 0 aromatic heterocycles. The van der Waals surface area contributed by atoms with E-state index in [2.05, 4.69) is 6.58 Å². The highest BCUT2D eigenvalue weighted by Crippen LogP contribution is 2.26. The van der Waals surface area contributed by atoms with E-state index in [9.17, 15) is 19.2 Å². The van der Waals surface area contributed by atoms with E-state index in [1.165, 1.54) is 23.1 Å². The molecule has 8 heteroatoms. The number of ether oxygens (including phenoxy) is 1. The largest absolute Gasteiger partial charge is 0.445 e. The smallest absolute Gasteiger partial charge is 0.410 e. The number of carbonyl (C=O) groups is 4. The van der Waals surface area contributed by atoms with Gasteiger partial charge in [0.1, 0.15) is 6.61 Å². The molecule has 8 nitrogen and oxygen atoms in total. The van der Waals surface area contributed by atoms with Gasteiger partial charge in [0.15, 0.2) is 0 Å². The van der Waals surface area contributed by atoms with Crippen LogP contribution in [0.5, 0.6) is 0 Å². The van der Waals surface area contributed by atoms with Crippen molar-refractivity contribution in [3.8, 4) is 0 Å². The number of amides is 4. The summed E-state index contributed by atoms with van der Waals surface area (Å²) in [7, 11) is 0. The second-order valence-electron chi connectivity index (χ2n) is 6.98. The van der Waals surface area contributed by atoms with Crippen molar-refractivity contribution >= 4 is 23.8 Å². The fourth-order valence-electron chi connectivity index (χ4n) is 3.36. The molecule has 1 fully saturated rings. The maximum atomic E-state index is 12.8. The van der Waals surface area contributed by atoms with E-state index < -0.39 is 6.09 Å². The lowest BCUT2D eigenvalue weighted by atomic mass is 10.0. The molecule has 0 radical (unpaired) electrons. The normalized spacial score (nSPS) is 16.5. The van der Waals surface area contributed by atoms with Crippen LogP contribution >= 0.6 is 0 Å². The maximum Gasteiger partial charge on any atom is 0.410 e. The quantitative estimate of drug-likeness (QED) is 0.582. The second kappa shape index (κ2) is 7.84. The number of imide groups is 1. The number of carbonyl (C=O) groups excluding carboxylic acids is 4. The monoisotopic (exact) mass is 385 g/mol. The molecule has 1 aromatic carbocycles.